The van der Waals surface area contributed by atoms with E-state index in [2.05, 4.69) is 0 Å². The van der Waals surface area contributed by atoms with Crippen LogP contribution in [-0.4, -0.2) is 5.78 Å². The summed E-state index contributed by atoms with van der Waals surface area (Å²) in [5.41, 5.74) is 9.40. The molecule has 2 aromatic carbocycles. The molecule has 1 aromatic heterocycles. The Hall–Kier alpha value is -2.55. The Morgan fingerprint density at radius 2 is 1.95 bits per heavy atom. The van der Waals surface area contributed by atoms with E-state index >= 15 is 0 Å². The van der Waals surface area contributed by atoms with Crippen molar-refractivity contribution in [3.8, 4) is 0 Å². The number of furan rings is 1. The molecule has 3 rings (SSSR count). The average Bonchev–Trinajstić information content (AvgIpc) is 2.87. The number of hydrogen-bond acceptors (Lipinski definition) is 3. The van der Waals surface area contributed by atoms with Crippen LogP contribution in [0, 0.1) is 6.92 Å². The van der Waals surface area contributed by atoms with Crippen LogP contribution in [0.25, 0.3) is 11.0 Å². The molecule has 0 amide bonds. The van der Waals surface area contributed by atoms with Crippen molar-refractivity contribution in [2.24, 2.45) is 0 Å². The molecule has 0 fully saturated rings. The number of anilines is 1. The van der Waals surface area contributed by atoms with E-state index in [1.54, 1.807) is 6.07 Å². The number of fused-ring (bicyclic) bond motifs is 1. The number of nitrogen functional groups attached to an aromatic ring is 1. The largest absolute Gasteiger partial charge is 0.460 e. The second-order valence-corrected chi connectivity index (χ2v) is 5.17. The molecule has 0 aliphatic carbocycles. The molecule has 0 radical (unpaired) electrons. The summed E-state index contributed by atoms with van der Waals surface area (Å²) >= 11 is 0. The summed E-state index contributed by atoms with van der Waals surface area (Å²) in [6.07, 6.45) is 0.668. The average molecular weight is 279 g/mol. The number of ketones is 1. The van der Waals surface area contributed by atoms with Gasteiger partial charge in [-0.3, -0.25) is 4.79 Å². The molecule has 3 aromatic rings. The molecule has 21 heavy (non-hydrogen) atoms. The van der Waals surface area contributed by atoms with Gasteiger partial charge < -0.3 is 10.2 Å². The van der Waals surface area contributed by atoms with Crippen molar-refractivity contribution in [3.63, 3.8) is 0 Å². The van der Waals surface area contributed by atoms with Gasteiger partial charge in [0, 0.05) is 23.1 Å². The summed E-state index contributed by atoms with van der Waals surface area (Å²) in [7, 11) is 0. The highest BCUT2D eigenvalue weighted by atomic mass is 16.3. The highest BCUT2D eigenvalue weighted by Crippen LogP contribution is 2.30. The van der Waals surface area contributed by atoms with Crippen LogP contribution in [0.4, 0.5) is 5.69 Å². The summed E-state index contributed by atoms with van der Waals surface area (Å²) in [4.78, 5) is 12.9. The van der Waals surface area contributed by atoms with Gasteiger partial charge >= 0.3 is 0 Å². The minimum atomic E-state index is -0.0713. The van der Waals surface area contributed by atoms with Crippen LogP contribution in [0.5, 0.6) is 0 Å². The van der Waals surface area contributed by atoms with Crippen LogP contribution >= 0.6 is 0 Å². The predicted octanol–water partition coefficient (Wildman–Crippen LogP) is 4.12. The van der Waals surface area contributed by atoms with Crippen LogP contribution in [0.3, 0.4) is 0 Å². The summed E-state index contributed by atoms with van der Waals surface area (Å²) in [5, 5.41) is 0.847. The van der Waals surface area contributed by atoms with Crippen molar-refractivity contribution in [1.29, 1.82) is 0 Å². The molecule has 106 valence electrons. The molecule has 0 aliphatic heterocycles. The topological polar surface area (TPSA) is 56.2 Å². The van der Waals surface area contributed by atoms with Gasteiger partial charge in [0.15, 0.2) is 5.78 Å². The Morgan fingerprint density at radius 1 is 1.19 bits per heavy atom. The van der Waals surface area contributed by atoms with Crippen LogP contribution in [0.2, 0.25) is 0 Å². The Labute approximate surface area is 123 Å². The third kappa shape index (κ3) is 2.21. The maximum absolute atomic E-state index is 12.9. The molecule has 2 N–H and O–H groups in total. The van der Waals surface area contributed by atoms with E-state index in [-0.39, 0.29) is 5.78 Å². The van der Waals surface area contributed by atoms with Gasteiger partial charge in [0.2, 0.25) is 0 Å². The van der Waals surface area contributed by atoms with Gasteiger partial charge in [-0.1, -0.05) is 36.8 Å². The van der Waals surface area contributed by atoms with Gasteiger partial charge in [0.05, 0.1) is 5.56 Å². The van der Waals surface area contributed by atoms with Gasteiger partial charge in [-0.2, -0.15) is 0 Å². The van der Waals surface area contributed by atoms with Crippen molar-refractivity contribution in [2.75, 3.05) is 5.73 Å². The van der Waals surface area contributed by atoms with Crippen LogP contribution in [-0.2, 0) is 6.42 Å². The Balaban J connectivity index is 2.24. The standard InChI is InChI=1S/C18H17NO2/c1-3-15-17(12-6-4-5-7-16(12)21-15)18(20)13-10-11(2)8-9-14(13)19/h4-10H,3,19H2,1-2H3. The normalized spacial score (nSPS) is 11.0. The molecule has 0 saturated carbocycles. The SMILES string of the molecule is CCc1oc2ccccc2c1C(=O)c1cc(C)ccc1N. The number of benzene rings is 2. The summed E-state index contributed by atoms with van der Waals surface area (Å²) in [5.74, 6) is 0.639. The number of nitrogens with two attached hydrogens (primary N) is 1. The number of rotatable bonds is 3. The fourth-order valence-electron chi connectivity index (χ4n) is 2.60. The Morgan fingerprint density at radius 3 is 2.71 bits per heavy atom. The molecule has 3 nitrogen and oxygen atoms in total. The molecular formula is C18H17NO2. The van der Waals surface area contributed by atoms with E-state index in [1.807, 2.05) is 50.2 Å². The predicted molar refractivity (Wildman–Crippen MR) is 84.6 cm³/mol. The second-order valence-electron chi connectivity index (χ2n) is 5.17. The number of hydrogen-bond donors (Lipinski definition) is 1. The van der Waals surface area contributed by atoms with E-state index in [0.717, 1.165) is 16.5 Å². The molecule has 0 atom stereocenters. The molecule has 0 spiro atoms. The summed E-state index contributed by atoms with van der Waals surface area (Å²) in [6.45, 7) is 3.93. The lowest BCUT2D eigenvalue weighted by atomic mass is 9.97. The smallest absolute Gasteiger partial charge is 0.199 e. The number of para-hydroxylation sites is 1. The lowest BCUT2D eigenvalue weighted by molar-refractivity contribution is 0.103. The van der Waals surface area contributed by atoms with Crippen molar-refractivity contribution in [2.45, 2.75) is 20.3 Å². The first-order chi connectivity index (χ1) is 10.1. The van der Waals surface area contributed by atoms with E-state index in [4.69, 9.17) is 10.2 Å². The summed E-state index contributed by atoms with van der Waals surface area (Å²) in [6, 6.07) is 13.1. The third-order valence-corrected chi connectivity index (χ3v) is 3.67. The zero-order valence-electron chi connectivity index (χ0n) is 12.1. The Kier molecular flexibility index (Phi) is 3.26. The van der Waals surface area contributed by atoms with Crippen molar-refractivity contribution < 1.29 is 9.21 Å². The van der Waals surface area contributed by atoms with Gasteiger partial charge in [-0.25, -0.2) is 0 Å². The maximum atomic E-state index is 12.9. The van der Waals surface area contributed by atoms with Gasteiger partial charge in [-0.05, 0) is 25.1 Å². The monoisotopic (exact) mass is 279 g/mol. The number of carbonyl (C=O) groups is 1. The number of aryl methyl sites for hydroxylation is 2. The third-order valence-electron chi connectivity index (χ3n) is 3.67. The molecule has 0 aliphatic rings. The number of carbonyl (C=O) groups excluding carboxylic acids is 1. The fraction of sp³-hybridized carbons (Fsp3) is 0.167. The minimum Gasteiger partial charge on any atom is -0.460 e. The van der Waals surface area contributed by atoms with Crippen LogP contribution in [0.15, 0.2) is 46.9 Å². The van der Waals surface area contributed by atoms with Crippen molar-refractivity contribution in [3.05, 3.63) is 64.9 Å². The van der Waals surface area contributed by atoms with Crippen molar-refractivity contribution in [1.82, 2.24) is 0 Å². The fourth-order valence-corrected chi connectivity index (χ4v) is 2.60. The van der Waals surface area contributed by atoms with E-state index in [0.29, 0.717) is 29.0 Å². The molecule has 3 heteroatoms. The maximum Gasteiger partial charge on any atom is 0.199 e. The quantitative estimate of drug-likeness (QED) is 0.579. The minimum absolute atomic E-state index is 0.0713. The zero-order valence-corrected chi connectivity index (χ0v) is 12.1. The van der Waals surface area contributed by atoms with E-state index in [9.17, 15) is 4.79 Å². The van der Waals surface area contributed by atoms with E-state index < -0.39 is 0 Å². The Bertz CT molecular complexity index is 830. The highest BCUT2D eigenvalue weighted by molar-refractivity contribution is 6.19. The summed E-state index contributed by atoms with van der Waals surface area (Å²) < 4.78 is 5.80. The first-order valence-corrected chi connectivity index (χ1v) is 7.03. The molecule has 1 heterocycles. The van der Waals surface area contributed by atoms with Gasteiger partial charge in [0.25, 0.3) is 0 Å². The molecule has 0 saturated heterocycles. The second kappa shape index (κ2) is 5.09. The zero-order chi connectivity index (χ0) is 15.0. The molecule has 0 unspecified atom stereocenters. The lowest BCUT2D eigenvalue weighted by Crippen LogP contribution is -2.07. The first kappa shape index (κ1) is 13.4. The van der Waals surface area contributed by atoms with E-state index in [1.165, 1.54) is 0 Å². The first-order valence-electron chi connectivity index (χ1n) is 7.03. The van der Waals surface area contributed by atoms with Crippen molar-refractivity contribution >= 4 is 22.4 Å². The van der Waals surface area contributed by atoms with Crippen LogP contribution in [0.1, 0.15) is 34.2 Å². The molecular weight excluding hydrogens is 262 g/mol. The highest BCUT2D eigenvalue weighted by Gasteiger charge is 2.22. The van der Waals surface area contributed by atoms with Gasteiger partial charge in [0.1, 0.15) is 11.3 Å². The van der Waals surface area contributed by atoms with Crippen LogP contribution < -0.4 is 5.73 Å². The molecule has 0 bridgehead atoms. The van der Waals surface area contributed by atoms with Gasteiger partial charge in [-0.15, -0.1) is 0 Å². The lowest BCUT2D eigenvalue weighted by Gasteiger charge is -2.06.